The number of amides is 2. The fraction of sp³-hybridized carbons (Fsp3) is 0.615. The molecule has 110 valence electrons. The molecule has 1 aromatic rings. The van der Waals surface area contributed by atoms with E-state index < -0.39 is 11.9 Å². The third-order valence-electron chi connectivity index (χ3n) is 3.71. The molecule has 1 saturated carbocycles. The van der Waals surface area contributed by atoms with E-state index in [2.05, 4.69) is 15.5 Å². The molecule has 1 heterocycles. The van der Waals surface area contributed by atoms with Gasteiger partial charge in [-0.05, 0) is 12.8 Å². The van der Waals surface area contributed by atoms with E-state index in [4.69, 9.17) is 0 Å². The number of urea groups is 1. The molecule has 20 heavy (non-hydrogen) atoms. The molecule has 0 saturated heterocycles. The molecule has 2 rings (SSSR count). The minimum atomic E-state index is -0.826. The van der Waals surface area contributed by atoms with Gasteiger partial charge in [0.15, 0.2) is 0 Å². The molecule has 0 aromatic carbocycles. The number of rotatable bonds is 4. The second-order valence-electron chi connectivity index (χ2n) is 5.25. The lowest BCUT2D eigenvalue weighted by Crippen LogP contribution is -2.49. The van der Waals surface area contributed by atoms with Gasteiger partial charge in [0.1, 0.15) is 0 Å². The van der Waals surface area contributed by atoms with Gasteiger partial charge in [-0.2, -0.15) is 5.10 Å². The Morgan fingerprint density at radius 2 is 2.25 bits per heavy atom. The highest BCUT2D eigenvalue weighted by atomic mass is 16.4. The number of carboxylic acid groups (broad SMARTS) is 1. The van der Waals surface area contributed by atoms with E-state index >= 15 is 0 Å². The molecule has 0 radical (unpaired) electrons. The largest absolute Gasteiger partial charge is 0.481 e. The van der Waals surface area contributed by atoms with Crippen molar-refractivity contribution in [1.82, 2.24) is 20.4 Å². The fourth-order valence-corrected chi connectivity index (χ4v) is 2.58. The number of carbonyl (C=O) groups excluding carboxylic acids is 1. The normalized spacial score (nSPS) is 22.2. The molecule has 0 spiro atoms. The zero-order valence-corrected chi connectivity index (χ0v) is 11.5. The lowest BCUT2D eigenvalue weighted by Gasteiger charge is -2.30. The molecule has 0 bridgehead atoms. The van der Waals surface area contributed by atoms with E-state index in [0.29, 0.717) is 13.0 Å². The first-order valence-corrected chi connectivity index (χ1v) is 6.80. The summed E-state index contributed by atoms with van der Waals surface area (Å²) in [5.41, 5.74) is 0.904. The molecule has 2 unspecified atom stereocenters. The van der Waals surface area contributed by atoms with Crippen molar-refractivity contribution in [2.45, 2.75) is 38.3 Å². The van der Waals surface area contributed by atoms with Crippen LogP contribution in [-0.4, -0.2) is 45.3 Å². The number of nitrogens with zero attached hydrogens (tertiary/aromatic N) is 2. The van der Waals surface area contributed by atoms with Crippen molar-refractivity contribution >= 4 is 12.0 Å². The SMILES string of the molecule is CN(Cc1cn[nH]c1)C(=O)NC1CCCCC1C(=O)O. The van der Waals surface area contributed by atoms with E-state index in [1.54, 1.807) is 19.4 Å². The van der Waals surface area contributed by atoms with Crippen LogP contribution >= 0.6 is 0 Å². The quantitative estimate of drug-likeness (QED) is 0.771. The standard InChI is InChI=1S/C13H20N4O3/c1-17(8-9-6-14-15-7-9)13(20)16-11-5-3-2-4-10(11)12(18)19/h6-7,10-11H,2-5,8H2,1H3,(H,14,15)(H,16,20)(H,18,19). The van der Waals surface area contributed by atoms with Crippen molar-refractivity contribution in [3.63, 3.8) is 0 Å². The predicted molar refractivity (Wildman–Crippen MR) is 72.0 cm³/mol. The first kappa shape index (κ1) is 14.4. The molecule has 1 aromatic heterocycles. The van der Waals surface area contributed by atoms with Crippen molar-refractivity contribution in [2.24, 2.45) is 5.92 Å². The van der Waals surface area contributed by atoms with E-state index in [0.717, 1.165) is 24.8 Å². The minimum absolute atomic E-state index is 0.246. The Kier molecular flexibility index (Phi) is 4.60. The van der Waals surface area contributed by atoms with Crippen molar-refractivity contribution in [1.29, 1.82) is 0 Å². The van der Waals surface area contributed by atoms with Gasteiger partial charge >= 0.3 is 12.0 Å². The number of nitrogens with one attached hydrogen (secondary N) is 2. The number of aliphatic carboxylic acids is 1. The minimum Gasteiger partial charge on any atom is -0.481 e. The Balaban J connectivity index is 1.90. The van der Waals surface area contributed by atoms with Gasteiger partial charge in [-0.15, -0.1) is 0 Å². The van der Waals surface area contributed by atoms with Crippen LogP contribution in [0.25, 0.3) is 0 Å². The number of carbonyl (C=O) groups is 2. The summed E-state index contributed by atoms with van der Waals surface area (Å²) in [4.78, 5) is 24.8. The molecule has 2 atom stereocenters. The molecule has 1 fully saturated rings. The topological polar surface area (TPSA) is 98.3 Å². The van der Waals surface area contributed by atoms with Gasteiger partial charge in [-0.1, -0.05) is 12.8 Å². The number of aromatic amines is 1. The molecule has 1 aliphatic rings. The van der Waals surface area contributed by atoms with Crippen molar-refractivity contribution in [2.75, 3.05) is 7.05 Å². The first-order valence-electron chi connectivity index (χ1n) is 6.80. The Hall–Kier alpha value is -2.05. The number of carboxylic acids is 1. The Morgan fingerprint density at radius 3 is 2.90 bits per heavy atom. The fourth-order valence-electron chi connectivity index (χ4n) is 2.58. The third-order valence-corrected chi connectivity index (χ3v) is 3.71. The molecule has 2 amide bonds. The summed E-state index contributed by atoms with van der Waals surface area (Å²) in [5.74, 6) is -1.30. The second-order valence-corrected chi connectivity index (χ2v) is 5.25. The maximum Gasteiger partial charge on any atom is 0.317 e. The van der Waals surface area contributed by atoms with Gasteiger partial charge in [0, 0.05) is 24.8 Å². The van der Waals surface area contributed by atoms with Crippen LogP contribution < -0.4 is 5.32 Å². The van der Waals surface area contributed by atoms with E-state index in [-0.39, 0.29) is 12.1 Å². The number of H-pyrrole nitrogens is 1. The highest BCUT2D eigenvalue weighted by Gasteiger charge is 2.32. The van der Waals surface area contributed by atoms with Gasteiger partial charge in [-0.25, -0.2) is 4.79 Å². The predicted octanol–water partition coefficient (Wildman–Crippen LogP) is 1.19. The van der Waals surface area contributed by atoms with Crippen LogP contribution in [0.1, 0.15) is 31.2 Å². The maximum atomic E-state index is 12.1. The summed E-state index contributed by atoms with van der Waals surface area (Å²) in [6, 6.07) is -0.523. The van der Waals surface area contributed by atoms with Crippen LogP contribution in [0.4, 0.5) is 4.79 Å². The first-order chi connectivity index (χ1) is 9.58. The summed E-state index contributed by atoms with van der Waals surface area (Å²) in [5, 5.41) is 18.5. The molecule has 0 aliphatic heterocycles. The zero-order valence-electron chi connectivity index (χ0n) is 11.5. The zero-order chi connectivity index (χ0) is 14.5. The highest BCUT2D eigenvalue weighted by Crippen LogP contribution is 2.24. The maximum absolute atomic E-state index is 12.1. The summed E-state index contributed by atoms with van der Waals surface area (Å²) in [7, 11) is 1.68. The third kappa shape index (κ3) is 3.49. The summed E-state index contributed by atoms with van der Waals surface area (Å²) in [6.07, 6.45) is 6.61. The molecule has 7 heteroatoms. The molecular formula is C13H20N4O3. The van der Waals surface area contributed by atoms with Crippen LogP contribution in [0, 0.1) is 5.92 Å². The van der Waals surface area contributed by atoms with Crippen LogP contribution in [0.15, 0.2) is 12.4 Å². The lowest BCUT2D eigenvalue weighted by atomic mass is 9.84. The molecule has 1 aliphatic carbocycles. The van der Waals surface area contributed by atoms with E-state index in [1.165, 1.54) is 4.90 Å². The smallest absolute Gasteiger partial charge is 0.317 e. The average Bonchev–Trinajstić information content (AvgIpc) is 2.91. The van der Waals surface area contributed by atoms with Crippen molar-refractivity contribution < 1.29 is 14.7 Å². The van der Waals surface area contributed by atoms with Crippen LogP contribution in [0.2, 0.25) is 0 Å². The van der Waals surface area contributed by atoms with Gasteiger partial charge in [0.05, 0.1) is 18.7 Å². The lowest BCUT2D eigenvalue weighted by molar-refractivity contribution is -0.143. The highest BCUT2D eigenvalue weighted by molar-refractivity contribution is 5.76. The molecule has 3 N–H and O–H groups in total. The summed E-state index contributed by atoms with van der Waals surface area (Å²) in [6.45, 7) is 0.437. The van der Waals surface area contributed by atoms with Crippen molar-refractivity contribution in [3.8, 4) is 0 Å². The van der Waals surface area contributed by atoms with E-state index in [1.807, 2.05) is 0 Å². The van der Waals surface area contributed by atoms with Crippen LogP contribution in [0.3, 0.4) is 0 Å². The monoisotopic (exact) mass is 280 g/mol. The Bertz CT molecular complexity index is 460. The van der Waals surface area contributed by atoms with Crippen LogP contribution in [0.5, 0.6) is 0 Å². The summed E-state index contributed by atoms with van der Waals surface area (Å²) < 4.78 is 0. The van der Waals surface area contributed by atoms with Crippen molar-refractivity contribution in [3.05, 3.63) is 18.0 Å². The molecular weight excluding hydrogens is 260 g/mol. The number of aromatic nitrogens is 2. The van der Waals surface area contributed by atoms with Gasteiger partial charge in [0.2, 0.25) is 0 Å². The van der Waals surface area contributed by atoms with Gasteiger partial charge in [0.25, 0.3) is 0 Å². The second kappa shape index (κ2) is 6.40. The Labute approximate surface area is 117 Å². The summed E-state index contributed by atoms with van der Waals surface area (Å²) >= 11 is 0. The van der Waals surface area contributed by atoms with Gasteiger partial charge < -0.3 is 15.3 Å². The van der Waals surface area contributed by atoms with E-state index in [9.17, 15) is 14.7 Å². The number of hydrogen-bond acceptors (Lipinski definition) is 3. The number of hydrogen-bond donors (Lipinski definition) is 3. The molecule has 7 nitrogen and oxygen atoms in total. The van der Waals surface area contributed by atoms with Crippen LogP contribution in [-0.2, 0) is 11.3 Å². The Morgan fingerprint density at radius 1 is 1.50 bits per heavy atom. The van der Waals surface area contributed by atoms with Gasteiger partial charge in [-0.3, -0.25) is 9.89 Å². The average molecular weight is 280 g/mol.